The number of hydrogen-bond acceptors (Lipinski definition) is 3. The number of nitrogens with one attached hydrogen (secondary N) is 1. The molecule has 1 heterocycles. The number of benzene rings is 1. The first-order valence-electron chi connectivity index (χ1n) is 5.11. The summed E-state index contributed by atoms with van der Waals surface area (Å²) in [6.45, 7) is 0.320. The minimum absolute atomic E-state index is 0.0656. The van der Waals surface area contributed by atoms with E-state index in [4.69, 9.17) is 5.73 Å². The van der Waals surface area contributed by atoms with Gasteiger partial charge < -0.3 is 11.1 Å². The van der Waals surface area contributed by atoms with Crippen molar-refractivity contribution in [3.05, 3.63) is 51.7 Å². The molecule has 0 bridgehead atoms. The van der Waals surface area contributed by atoms with Gasteiger partial charge in [-0.2, -0.15) is 11.3 Å². The van der Waals surface area contributed by atoms with Crippen LogP contribution in [-0.4, -0.2) is 5.91 Å². The molecule has 6 heteroatoms. The van der Waals surface area contributed by atoms with Crippen LogP contribution >= 0.6 is 11.3 Å². The van der Waals surface area contributed by atoms with Crippen LogP contribution in [0.25, 0.3) is 0 Å². The summed E-state index contributed by atoms with van der Waals surface area (Å²) in [5.74, 6) is -2.69. The summed E-state index contributed by atoms with van der Waals surface area (Å²) in [5, 5.41) is 6.35. The van der Waals surface area contributed by atoms with E-state index in [0.29, 0.717) is 6.54 Å². The molecule has 18 heavy (non-hydrogen) atoms. The van der Waals surface area contributed by atoms with Crippen LogP contribution < -0.4 is 11.1 Å². The lowest BCUT2D eigenvalue weighted by Gasteiger charge is -2.07. The molecule has 0 spiro atoms. The van der Waals surface area contributed by atoms with Gasteiger partial charge >= 0.3 is 0 Å². The second-order valence-corrected chi connectivity index (χ2v) is 4.45. The molecule has 0 saturated carbocycles. The topological polar surface area (TPSA) is 55.1 Å². The van der Waals surface area contributed by atoms with E-state index >= 15 is 0 Å². The van der Waals surface area contributed by atoms with Gasteiger partial charge in [-0.05, 0) is 28.5 Å². The van der Waals surface area contributed by atoms with Gasteiger partial charge in [0.2, 0.25) is 0 Å². The van der Waals surface area contributed by atoms with E-state index in [-0.39, 0.29) is 11.3 Å². The van der Waals surface area contributed by atoms with Gasteiger partial charge in [-0.1, -0.05) is 0 Å². The first-order chi connectivity index (χ1) is 8.58. The summed E-state index contributed by atoms with van der Waals surface area (Å²) < 4.78 is 25.9. The van der Waals surface area contributed by atoms with E-state index in [9.17, 15) is 13.6 Å². The lowest BCUT2D eigenvalue weighted by atomic mass is 10.1. The van der Waals surface area contributed by atoms with Gasteiger partial charge in [0.15, 0.2) is 11.6 Å². The van der Waals surface area contributed by atoms with E-state index in [1.165, 1.54) is 11.3 Å². The van der Waals surface area contributed by atoms with Crippen LogP contribution in [0.1, 0.15) is 15.9 Å². The highest BCUT2D eigenvalue weighted by Gasteiger charge is 2.14. The normalized spacial score (nSPS) is 10.3. The predicted molar refractivity (Wildman–Crippen MR) is 66.3 cm³/mol. The number of hydrogen-bond donors (Lipinski definition) is 2. The number of carbonyl (C=O) groups is 1. The fraction of sp³-hybridized carbons (Fsp3) is 0.0833. The Balaban J connectivity index is 2.11. The standard InChI is InChI=1S/C12H10F2N2OS/c13-9-3-8(11(15)4-10(9)14)12(17)16-5-7-1-2-18-6-7/h1-4,6H,5,15H2,(H,16,17). The third-order valence-electron chi connectivity index (χ3n) is 2.37. The second-order valence-electron chi connectivity index (χ2n) is 3.67. The molecule has 0 saturated heterocycles. The molecule has 0 aliphatic rings. The van der Waals surface area contributed by atoms with Crippen LogP contribution in [0.4, 0.5) is 14.5 Å². The van der Waals surface area contributed by atoms with E-state index < -0.39 is 17.5 Å². The van der Waals surface area contributed by atoms with Crippen molar-refractivity contribution in [3.8, 4) is 0 Å². The lowest BCUT2D eigenvalue weighted by Crippen LogP contribution is -2.24. The zero-order valence-electron chi connectivity index (χ0n) is 9.24. The zero-order valence-corrected chi connectivity index (χ0v) is 10.1. The summed E-state index contributed by atoms with van der Waals surface area (Å²) in [4.78, 5) is 11.7. The first-order valence-corrected chi connectivity index (χ1v) is 6.06. The lowest BCUT2D eigenvalue weighted by molar-refractivity contribution is 0.0951. The van der Waals surface area contributed by atoms with Crippen LogP contribution in [0.3, 0.4) is 0 Å². The van der Waals surface area contributed by atoms with Gasteiger partial charge in [0, 0.05) is 18.3 Å². The van der Waals surface area contributed by atoms with Gasteiger partial charge in [-0.15, -0.1) is 0 Å². The highest BCUT2D eigenvalue weighted by atomic mass is 32.1. The highest BCUT2D eigenvalue weighted by Crippen LogP contribution is 2.17. The zero-order chi connectivity index (χ0) is 13.1. The quantitative estimate of drug-likeness (QED) is 0.840. The summed E-state index contributed by atoms with van der Waals surface area (Å²) in [6, 6.07) is 3.46. The number of anilines is 1. The Labute approximate surface area is 106 Å². The van der Waals surface area contributed by atoms with Crippen molar-refractivity contribution in [2.75, 3.05) is 5.73 Å². The maximum atomic E-state index is 13.0. The molecule has 3 N–H and O–H groups in total. The molecular formula is C12H10F2N2OS. The third kappa shape index (κ3) is 2.65. The molecule has 0 aliphatic heterocycles. The number of rotatable bonds is 3. The minimum Gasteiger partial charge on any atom is -0.398 e. The third-order valence-corrected chi connectivity index (χ3v) is 3.10. The minimum atomic E-state index is -1.09. The molecule has 1 amide bonds. The second kappa shape index (κ2) is 5.14. The molecule has 0 radical (unpaired) electrons. The van der Waals surface area contributed by atoms with Crippen LogP contribution in [0.2, 0.25) is 0 Å². The fourth-order valence-corrected chi connectivity index (χ4v) is 2.10. The average Bonchev–Trinajstić information content (AvgIpc) is 2.84. The Morgan fingerprint density at radius 2 is 2.06 bits per heavy atom. The number of amides is 1. The molecule has 1 aromatic heterocycles. The number of halogens is 2. The van der Waals surface area contributed by atoms with Crippen LogP contribution in [0, 0.1) is 11.6 Å². The van der Waals surface area contributed by atoms with Crippen LogP contribution in [0.5, 0.6) is 0 Å². The van der Waals surface area contributed by atoms with E-state index in [2.05, 4.69) is 5.32 Å². The van der Waals surface area contributed by atoms with Crippen LogP contribution in [0.15, 0.2) is 29.0 Å². The summed E-state index contributed by atoms with van der Waals surface area (Å²) in [6.07, 6.45) is 0. The molecule has 0 aliphatic carbocycles. The monoisotopic (exact) mass is 268 g/mol. The SMILES string of the molecule is Nc1cc(F)c(F)cc1C(=O)NCc1ccsc1. The maximum absolute atomic E-state index is 13.0. The smallest absolute Gasteiger partial charge is 0.253 e. The number of carbonyl (C=O) groups excluding carboxylic acids is 1. The Bertz CT molecular complexity index is 570. The molecule has 3 nitrogen and oxygen atoms in total. The number of nitrogens with two attached hydrogens (primary N) is 1. The molecule has 0 atom stereocenters. The first kappa shape index (κ1) is 12.5. The van der Waals surface area contributed by atoms with E-state index in [0.717, 1.165) is 17.7 Å². The van der Waals surface area contributed by atoms with Crippen molar-refractivity contribution < 1.29 is 13.6 Å². The van der Waals surface area contributed by atoms with Crippen LogP contribution in [-0.2, 0) is 6.54 Å². The molecule has 94 valence electrons. The Kier molecular flexibility index (Phi) is 3.57. The molecule has 2 rings (SSSR count). The van der Waals surface area contributed by atoms with Gasteiger partial charge in [0.05, 0.1) is 5.56 Å². The van der Waals surface area contributed by atoms with E-state index in [1.54, 1.807) is 0 Å². The molecule has 0 unspecified atom stereocenters. The Hall–Kier alpha value is -1.95. The largest absolute Gasteiger partial charge is 0.398 e. The molecule has 1 aromatic carbocycles. The van der Waals surface area contributed by atoms with Crippen molar-refractivity contribution in [2.45, 2.75) is 6.54 Å². The van der Waals surface area contributed by atoms with Gasteiger partial charge in [-0.25, -0.2) is 8.78 Å². The summed E-state index contributed by atoms with van der Waals surface area (Å²) >= 11 is 1.51. The fourth-order valence-electron chi connectivity index (χ4n) is 1.43. The molecule has 2 aromatic rings. The van der Waals surface area contributed by atoms with Gasteiger partial charge in [0.25, 0.3) is 5.91 Å². The van der Waals surface area contributed by atoms with Gasteiger partial charge in [-0.3, -0.25) is 4.79 Å². The summed E-state index contributed by atoms with van der Waals surface area (Å²) in [5.41, 5.74) is 6.26. The van der Waals surface area contributed by atoms with Crippen molar-refractivity contribution in [3.63, 3.8) is 0 Å². The van der Waals surface area contributed by atoms with Crippen molar-refractivity contribution in [2.24, 2.45) is 0 Å². The highest BCUT2D eigenvalue weighted by molar-refractivity contribution is 7.07. The maximum Gasteiger partial charge on any atom is 0.253 e. The molecule has 0 fully saturated rings. The number of nitrogen functional groups attached to an aromatic ring is 1. The Morgan fingerprint density at radius 3 is 2.72 bits per heavy atom. The van der Waals surface area contributed by atoms with Crippen molar-refractivity contribution in [1.29, 1.82) is 0 Å². The predicted octanol–water partition coefficient (Wildman–Crippen LogP) is 2.54. The summed E-state index contributed by atoms with van der Waals surface area (Å²) in [7, 11) is 0. The number of thiophene rings is 1. The van der Waals surface area contributed by atoms with Crippen molar-refractivity contribution in [1.82, 2.24) is 5.32 Å². The average molecular weight is 268 g/mol. The van der Waals surface area contributed by atoms with Crippen molar-refractivity contribution >= 4 is 22.9 Å². The molecular weight excluding hydrogens is 258 g/mol. The van der Waals surface area contributed by atoms with E-state index in [1.807, 2.05) is 16.8 Å². The Morgan fingerprint density at radius 1 is 1.33 bits per heavy atom. The van der Waals surface area contributed by atoms with Gasteiger partial charge in [0.1, 0.15) is 0 Å².